The topological polar surface area (TPSA) is 46.6 Å². The van der Waals surface area contributed by atoms with Gasteiger partial charge in [0.25, 0.3) is 0 Å². The Morgan fingerprint density at radius 3 is 2.38 bits per heavy atom. The molecule has 4 nitrogen and oxygen atoms in total. The highest BCUT2D eigenvalue weighted by atomic mass is 32.2. The van der Waals surface area contributed by atoms with Crippen molar-refractivity contribution in [3.8, 4) is 5.75 Å². The van der Waals surface area contributed by atoms with Crippen LogP contribution in [0.1, 0.15) is 12.5 Å². The summed E-state index contributed by atoms with van der Waals surface area (Å²) >= 11 is 0. The van der Waals surface area contributed by atoms with E-state index >= 15 is 0 Å². The minimum absolute atomic E-state index is 0.0899. The fraction of sp³-hybridized carbons (Fsp3) is 0.200. The van der Waals surface area contributed by atoms with Crippen molar-refractivity contribution in [3.05, 3.63) is 72.0 Å². The molecule has 0 aromatic heterocycles. The van der Waals surface area contributed by atoms with Crippen molar-refractivity contribution in [2.75, 3.05) is 13.7 Å². The van der Waals surface area contributed by atoms with Gasteiger partial charge in [-0.05, 0) is 40.6 Å². The maximum Gasteiger partial charge on any atom is 0.243 e. The van der Waals surface area contributed by atoms with E-state index in [2.05, 4.69) is 0 Å². The second kappa shape index (κ2) is 7.43. The van der Waals surface area contributed by atoms with E-state index in [4.69, 9.17) is 4.74 Å². The Kier molecular flexibility index (Phi) is 5.25. The molecule has 6 heteroatoms. The Labute approximate surface area is 152 Å². The highest BCUT2D eigenvalue weighted by Crippen LogP contribution is 2.24. The lowest BCUT2D eigenvalue weighted by Gasteiger charge is -2.21. The lowest BCUT2D eigenvalue weighted by molar-refractivity contribution is 0.384. The second-order valence-electron chi connectivity index (χ2n) is 5.91. The van der Waals surface area contributed by atoms with Gasteiger partial charge < -0.3 is 4.74 Å². The number of ether oxygens (including phenoxy) is 1. The van der Waals surface area contributed by atoms with Crippen LogP contribution < -0.4 is 4.74 Å². The first-order valence-electron chi connectivity index (χ1n) is 8.27. The van der Waals surface area contributed by atoms with Gasteiger partial charge in [-0.15, -0.1) is 0 Å². The number of hydrogen-bond donors (Lipinski definition) is 0. The van der Waals surface area contributed by atoms with Crippen LogP contribution in [0.3, 0.4) is 0 Å². The molecule has 0 saturated heterocycles. The molecular weight excluding hydrogens is 353 g/mol. The van der Waals surface area contributed by atoms with E-state index in [0.717, 1.165) is 10.8 Å². The highest BCUT2D eigenvalue weighted by molar-refractivity contribution is 7.89. The summed E-state index contributed by atoms with van der Waals surface area (Å²) in [6.45, 7) is 2.13. The number of benzene rings is 3. The van der Waals surface area contributed by atoms with E-state index < -0.39 is 15.8 Å². The number of nitrogens with zero attached hydrogens (tertiary/aromatic N) is 1. The third-order valence-corrected chi connectivity index (χ3v) is 6.20. The van der Waals surface area contributed by atoms with E-state index in [1.54, 1.807) is 31.2 Å². The number of methoxy groups -OCH3 is 1. The Morgan fingerprint density at radius 1 is 1.00 bits per heavy atom. The van der Waals surface area contributed by atoms with Crippen LogP contribution in [0.5, 0.6) is 5.75 Å². The molecule has 0 N–H and O–H groups in total. The summed E-state index contributed by atoms with van der Waals surface area (Å²) in [5.41, 5.74) is 0.564. The Morgan fingerprint density at radius 2 is 1.73 bits per heavy atom. The molecule has 0 saturated carbocycles. The zero-order valence-electron chi connectivity index (χ0n) is 14.6. The molecule has 3 aromatic rings. The predicted octanol–water partition coefficient (Wildman–Crippen LogP) is 4.20. The van der Waals surface area contributed by atoms with E-state index in [1.807, 2.05) is 24.3 Å². The molecular formula is C20H20FNO3S. The standard InChI is InChI=1S/C20H20FNO3S/c1-3-22(14-15-8-11-20(25-2)19(21)12-15)26(23,24)18-10-9-16-6-4-5-7-17(16)13-18/h4-13H,3,14H2,1-2H3. The van der Waals surface area contributed by atoms with Crippen molar-refractivity contribution >= 4 is 20.8 Å². The van der Waals surface area contributed by atoms with Crippen LogP contribution in [0.2, 0.25) is 0 Å². The van der Waals surface area contributed by atoms with Crippen molar-refractivity contribution in [2.45, 2.75) is 18.4 Å². The third kappa shape index (κ3) is 3.57. The summed E-state index contributed by atoms with van der Waals surface area (Å²) in [4.78, 5) is 0.229. The van der Waals surface area contributed by atoms with Gasteiger partial charge in [-0.1, -0.05) is 43.3 Å². The molecule has 0 heterocycles. The second-order valence-corrected chi connectivity index (χ2v) is 7.85. The van der Waals surface area contributed by atoms with E-state index in [1.165, 1.54) is 23.5 Å². The van der Waals surface area contributed by atoms with Gasteiger partial charge in [-0.3, -0.25) is 0 Å². The third-order valence-electron chi connectivity index (χ3n) is 4.29. The molecule has 26 heavy (non-hydrogen) atoms. The summed E-state index contributed by atoms with van der Waals surface area (Å²) < 4.78 is 46.2. The van der Waals surface area contributed by atoms with Crippen LogP contribution >= 0.6 is 0 Å². The Balaban J connectivity index is 1.93. The maximum atomic E-state index is 13.9. The largest absolute Gasteiger partial charge is 0.494 e. The summed E-state index contributed by atoms with van der Waals surface area (Å²) in [5.74, 6) is -0.377. The van der Waals surface area contributed by atoms with Crippen molar-refractivity contribution in [2.24, 2.45) is 0 Å². The first-order valence-corrected chi connectivity index (χ1v) is 9.71. The van der Waals surface area contributed by atoms with Gasteiger partial charge in [0.15, 0.2) is 11.6 Å². The Hall–Kier alpha value is -2.44. The zero-order chi connectivity index (χ0) is 18.7. The van der Waals surface area contributed by atoms with Gasteiger partial charge in [-0.2, -0.15) is 4.31 Å². The summed E-state index contributed by atoms with van der Waals surface area (Å²) in [5, 5.41) is 1.84. The summed E-state index contributed by atoms with van der Waals surface area (Å²) in [7, 11) is -2.30. The minimum Gasteiger partial charge on any atom is -0.494 e. The lowest BCUT2D eigenvalue weighted by atomic mass is 10.1. The van der Waals surface area contributed by atoms with Crippen LogP contribution in [0.25, 0.3) is 10.8 Å². The van der Waals surface area contributed by atoms with Gasteiger partial charge >= 0.3 is 0 Å². The van der Waals surface area contributed by atoms with Crippen LogP contribution in [0.15, 0.2) is 65.6 Å². The molecule has 136 valence electrons. The number of rotatable bonds is 6. The number of fused-ring (bicyclic) bond motifs is 1. The monoisotopic (exact) mass is 373 g/mol. The Bertz CT molecular complexity index is 1030. The molecule has 3 rings (SSSR count). The van der Waals surface area contributed by atoms with Gasteiger partial charge in [-0.25, -0.2) is 12.8 Å². The van der Waals surface area contributed by atoms with Crippen molar-refractivity contribution in [1.82, 2.24) is 4.31 Å². The molecule has 0 bridgehead atoms. The fourth-order valence-corrected chi connectivity index (χ4v) is 4.33. The number of halogens is 1. The molecule has 0 aliphatic rings. The van der Waals surface area contributed by atoms with Crippen LogP contribution in [0, 0.1) is 5.82 Å². The summed E-state index contributed by atoms with van der Waals surface area (Å²) in [6, 6.07) is 17.1. The first kappa shape index (κ1) is 18.4. The lowest BCUT2D eigenvalue weighted by Crippen LogP contribution is -2.30. The normalized spacial score (nSPS) is 11.8. The van der Waals surface area contributed by atoms with E-state index in [9.17, 15) is 12.8 Å². The van der Waals surface area contributed by atoms with Gasteiger partial charge in [0.05, 0.1) is 12.0 Å². The first-order chi connectivity index (χ1) is 12.5. The molecule has 0 unspecified atom stereocenters. The smallest absolute Gasteiger partial charge is 0.243 e. The van der Waals surface area contributed by atoms with Crippen LogP contribution in [-0.2, 0) is 16.6 Å². The van der Waals surface area contributed by atoms with Crippen LogP contribution in [0.4, 0.5) is 4.39 Å². The van der Waals surface area contributed by atoms with Crippen molar-refractivity contribution in [3.63, 3.8) is 0 Å². The molecule has 0 atom stereocenters. The molecule has 0 radical (unpaired) electrons. The van der Waals surface area contributed by atoms with Crippen molar-refractivity contribution < 1.29 is 17.5 Å². The van der Waals surface area contributed by atoms with Crippen LogP contribution in [-0.4, -0.2) is 26.4 Å². The zero-order valence-corrected chi connectivity index (χ0v) is 15.5. The molecule has 3 aromatic carbocycles. The highest BCUT2D eigenvalue weighted by Gasteiger charge is 2.23. The van der Waals surface area contributed by atoms with Gasteiger partial charge in [0, 0.05) is 13.1 Å². The predicted molar refractivity (Wildman–Crippen MR) is 100 cm³/mol. The average molecular weight is 373 g/mol. The van der Waals surface area contributed by atoms with Gasteiger partial charge in [0.2, 0.25) is 10.0 Å². The average Bonchev–Trinajstić information content (AvgIpc) is 2.65. The summed E-state index contributed by atoms with van der Waals surface area (Å²) in [6.07, 6.45) is 0. The molecule has 0 aliphatic heterocycles. The number of sulfonamides is 1. The quantitative estimate of drug-likeness (QED) is 0.651. The molecule has 0 amide bonds. The van der Waals surface area contributed by atoms with E-state index in [0.29, 0.717) is 5.56 Å². The van der Waals surface area contributed by atoms with Gasteiger partial charge in [0.1, 0.15) is 0 Å². The SMILES string of the molecule is CCN(Cc1ccc(OC)c(F)c1)S(=O)(=O)c1ccc2ccccc2c1. The molecule has 0 aliphatic carbocycles. The van der Waals surface area contributed by atoms with Crippen molar-refractivity contribution in [1.29, 1.82) is 0 Å². The number of hydrogen-bond acceptors (Lipinski definition) is 3. The molecule has 0 fully saturated rings. The maximum absolute atomic E-state index is 13.9. The minimum atomic E-state index is -3.69. The molecule has 0 spiro atoms. The van der Waals surface area contributed by atoms with E-state index in [-0.39, 0.29) is 23.7 Å². The fourth-order valence-electron chi connectivity index (χ4n) is 2.86.